The van der Waals surface area contributed by atoms with Crippen LogP contribution >= 0.6 is 0 Å². The Balaban J connectivity index is 2.10. The Hall–Kier alpha value is -1.81. The topological polar surface area (TPSA) is 103 Å². The number of aliphatic carboxylic acids is 1. The number of rotatable bonds is 6. The van der Waals surface area contributed by atoms with E-state index in [0.717, 1.165) is 12.8 Å². The second-order valence-electron chi connectivity index (χ2n) is 4.37. The summed E-state index contributed by atoms with van der Waals surface area (Å²) in [6, 6.07) is 1.79. The Morgan fingerprint density at radius 2 is 2.21 bits per heavy atom. The van der Waals surface area contributed by atoms with Crippen molar-refractivity contribution in [2.24, 2.45) is 0 Å². The number of ether oxygens (including phenoxy) is 1. The van der Waals surface area contributed by atoms with Crippen LogP contribution in [0.3, 0.4) is 0 Å². The number of nitrogens with zero attached hydrogens (tertiary/aromatic N) is 2. The molecule has 1 heterocycles. The molecule has 7 nitrogen and oxygen atoms in total. The van der Waals surface area contributed by atoms with Crippen LogP contribution in [0.2, 0.25) is 0 Å². The van der Waals surface area contributed by atoms with E-state index < -0.39 is 12.1 Å². The van der Waals surface area contributed by atoms with E-state index in [4.69, 9.17) is 15.1 Å². The van der Waals surface area contributed by atoms with Crippen LogP contribution in [-0.4, -0.2) is 54.4 Å². The summed E-state index contributed by atoms with van der Waals surface area (Å²) in [5.74, 6) is -0.792. The fourth-order valence-corrected chi connectivity index (χ4v) is 1.80. The van der Waals surface area contributed by atoms with Gasteiger partial charge in [-0.05, 0) is 12.8 Å². The van der Waals surface area contributed by atoms with Gasteiger partial charge in [0.05, 0.1) is 19.2 Å². The minimum atomic E-state index is -0.792. The number of carboxylic acid groups (broad SMARTS) is 1. The molecule has 2 N–H and O–H groups in total. The Morgan fingerprint density at radius 3 is 2.89 bits per heavy atom. The number of nitriles is 1. The van der Waals surface area contributed by atoms with E-state index in [0.29, 0.717) is 32.7 Å². The molecule has 19 heavy (non-hydrogen) atoms. The molecule has 1 aliphatic rings. The molecule has 0 aliphatic carbocycles. The third kappa shape index (κ3) is 6.06. The number of amides is 2. The van der Waals surface area contributed by atoms with Crippen molar-refractivity contribution in [1.29, 1.82) is 5.26 Å². The lowest BCUT2D eigenvalue weighted by atomic mass is 10.2. The summed E-state index contributed by atoms with van der Waals surface area (Å²) in [6.45, 7) is 1.68. The Bertz CT molecular complexity index is 353. The molecule has 2 amide bonds. The molecule has 1 rings (SSSR count). The second kappa shape index (κ2) is 8.32. The van der Waals surface area contributed by atoms with Gasteiger partial charge in [-0.15, -0.1) is 0 Å². The maximum absolute atomic E-state index is 11.8. The van der Waals surface area contributed by atoms with E-state index in [1.807, 2.05) is 6.07 Å². The maximum Gasteiger partial charge on any atom is 0.317 e. The van der Waals surface area contributed by atoms with Crippen LogP contribution in [0, 0.1) is 11.3 Å². The van der Waals surface area contributed by atoms with Crippen molar-refractivity contribution in [3.8, 4) is 6.07 Å². The zero-order valence-corrected chi connectivity index (χ0v) is 10.8. The molecule has 0 radical (unpaired) electrons. The van der Waals surface area contributed by atoms with Crippen molar-refractivity contribution in [3.05, 3.63) is 0 Å². The van der Waals surface area contributed by atoms with Crippen LogP contribution in [0.5, 0.6) is 0 Å². The molecule has 7 heteroatoms. The highest BCUT2D eigenvalue weighted by atomic mass is 16.5. The molecule has 0 aromatic heterocycles. The quantitative estimate of drug-likeness (QED) is 0.686. The van der Waals surface area contributed by atoms with E-state index in [9.17, 15) is 9.59 Å². The van der Waals surface area contributed by atoms with E-state index in [1.165, 1.54) is 0 Å². The number of morpholine rings is 1. The molecule has 1 fully saturated rings. The second-order valence-corrected chi connectivity index (χ2v) is 4.37. The van der Waals surface area contributed by atoms with Gasteiger partial charge in [0.25, 0.3) is 0 Å². The molecule has 0 spiro atoms. The lowest BCUT2D eigenvalue weighted by molar-refractivity contribution is -0.137. The average molecular weight is 269 g/mol. The van der Waals surface area contributed by atoms with Crippen molar-refractivity contribution in [3.63, 3.8) is 0 Å². The first-order valence-electron chi connectivity index (χ1n) is 6.39. The van der Waals surface area contributed by atoms with Gasteiger partial charge in [-0.3, -0.25) is 4.79 Å². The van der Waals surface area contributed by atoms with Gasteiger partial charge < -0.3 is 20.1 Å². The first kappa shape index (κ1) is 15.2. The molecular weight excluding hydrogens is 250 g/mol. The monoisotopic (exact) mass is 269 g/mol. The largest absolute Gasteiger partial charge is 0.481 e. The van der Waals surface area contributed by atoms with Gasteiger partial charge in [-0.2, -0.15) is 5.26 Å². The number of nitrogens with one attached hydrogen (secondary N) is 1. The van der Waals surface area contributed by atoms with Crippen LogP contribution in [0.25, 0.3) is 0 Å². The number of carbonyl (C=O) groups excluding carboxylic acids is 1. The number of urea groups is 1. The summed E-state index contributed by atoms with van der Waals surface area (Å²) in [7, 11) is 0. The Kier molecular flexibility index (Phi) is 6.68. The molecule has 1 saturated heterocycles. The van der Waals surface area contributed by atoms with E-state index in [2.05, 4.69) is 5.32 Å². The van der Waals surface area contributed by atoms with Crippen molar-refractivity contribution >= 4 is 12.0 Å². The fraction of sp³-hybridized carbons (Fsp3) is 0.750. The molecule has 0 saturated carbocycles. The van der Waals surface area contributed by atoms with Crippen molar-refractivity contribution in [1.82, 2.24) is 10.2 Å². The molecule has 0 aromatic rings. The van der Waals surface area contributed by atoms with Gasteiger partial charge in [0.1, 0.15) is 0 Å². The molecule has 1 unspecified atom stereocenters. The summed E-state index contributed by atoms with van der Waals surface area (Å²) < 4.78 is 5.15. The van der Waals surface area contributed by atoms with Crippen LogP contribution in [0.4, 0.5) is 4.79 Å². The summed E-state index contributed by atoms with van der Waals surface area (Å²) in [4.78, 5) is 23.6. The Labute approximate surface area is 112 Å². The fourth-order valence-electron chi connectivity index (χ4n) is 1.80. The lowest BCUT2D eigenvalue weighted by Gasteiger charge is -2.29. The first-order chi connectivity index (χ1) is 9.13. The minimum Gasteiger partial charge on any atom is -0.481 e. The Morgan fingerprint density at radius 1 is 1.42 bits per heavy atom. The highest BCUT2D eigenvalue weighted by Gasteiger charge is 2.23. The highest BCUT2D eigenvalue weighted by molar-refractivity contribution is 5.74. The summed E-state index contributed by atoms with van der Waals surface area (Å²) in [5, 5.41) is 19.9. The molecule has 0 aromatic carbocycles. The van der Waals surface area contributed by atoms with Gasteiger partial charge in [0.15, 0.2) is 6.10 Å². The van der Waals surface area contributed by atoms with Crippen molar-refractivity contribution in [2.75, 3.05) is 26.2 Å². The van der Waals surface area contributed by atoms with Gasteiger partial charge in [-0.25, -0.2) is 4.79 Å². The summed E-state index contributed by atoms with van der Waals surface area (Å²) in [6.07, 6.45) is 1.78. The normalized spacial score (nSPS) is 18.7. The van der Waals surface area contributed by atoms with Gasteiger partial charge in [-0.1, -0.05) is 6.42 Å². The minimum absolute atomic E-state index is 0.168. The van der Waals surface area contributed by atoms with Crippen LogP contribution < -0.4 is 5.32 Å². The summed E-state index contributed by atoms with van der Waals surface area (Å²) >= 11 is 0. The standard InChI is InChI=1S/C12H19N3O4/c13-8-10-9-15(6-7-19-10)12(18)14-5-3-1-2-4-11(16)17/h10H,1-7,9H2,(H,14,18)(H,16,17). The maximum atomic E-state index is 11.8. The predicted octanol–water partition coefficient (Wildman–Crippen LogP) is 0.565. The number of hydrogen-bond donors (Lipinski definition) is 2. The zero-order chi connectivity index (χ0) is 14.1. The summed E-state index contributed by atoms with van der Waals surface area (Å²) in [5.41, 5.74) is 0. The van der Waals surface area contributed by atoms with Crippen molar-refractivity contribution < 1.29 is 19.4 Å². The van der Waals surface area contributed by atoms with Crippen LogP contribution in [-0.2, 0) is 9.53 Å². The molecule has 106 valence electrons. The van der Waals surface area contributed by atoms with Gasteiger partial charge >= 0.3 is 12.0 Å². The third-order valence-electron chi connectivity index (χ3n) is 2.84. The van der Waals surface area contributed by atoms with E-state index in [1.54, 1.807) is 4.90 Å². The van der Waals surface area contributed by atoms with E-state index in [-0.39, 0.29) is 12.5 Å². The van der Waals surface area contributed by atoms with Gasteiger partial charge in [0, 0.05) is 19.5 Å². The van der Waals surface area contributed by atoms with Gasteiger partial charge in [0.2, 0.25) is 0 Å². The third-order valence-corrected chi connectivity index (χ3v) is 2.84. The molecular formula is C12H19N3O4. The number of unbranched alkanes of at least 4 members (excludes halogenated alkanes) is 2. The van der Waals surface area contributed by atoms with Crippen molar-refractivity contribution in [2.45, 2.75) is 31.8 Å². The molecule has 1 atom stereocenters. The number of carbonyl (C=O) groups is 2. The highest BCUT2D eigenvalue weighted by Crippen LogP contribution is 2.04. The smallest absolute Gasteiger partial charge is 0.317 e. The lowest BCUT2D eigenvalue weighted by Crippen LogP contribution is -2.49. The SMILES string of the molecule is N#CC1CN(C(=O)NCCCCCC(=O)O)CCO1. The van der Waals surface area contributed by atoms with Crippen LogP contribution in [0.15, 0.2) is 0 Å². The molecule has 0 bridgehead atoms. The number of hydrogen-bond acceptors (Lipinski definition) is 4. The first-order valence-corrected chi connectivity index (χ1v) is 6.39. The zero-order valence-electron chi connectivity index (χ0n) is 10.8. The average Bonchev–Trinajstić information content (AvgIpc) is 2.42. The number of carboxylic acids is 1. The van der Waals surface area contributed by atoms with Crippen LogP contribution in [0.1, 0.15) is 25.7 Å². The molecule has 1 aliphatic heterocycles. The van der Waals surface area contributed by atoms with E-state index >= 15 is 0 Å². The predicted molar refractivity (Wildman–Crippen MR) is 66.4 cm³/mol.